The summed E-state index contributed by atoms with van der Waals surface area (Å²) in [4.78, 5) is 23.1. The monoisotopic (exact) mass is 318 g/mol. The molecule has 1 heterocycles. The number of aliphatic hydroxyl groups is 1. The number of halogens is 1. The van der Waals surface area contributed by atoms with Crippen molar-refractivity contribution in [2.45, 2.75) is 12.6 Å². The molecule has 1 aromatic rings. The summed E-state index contributed by atoms with van der Waals surface area (Å²) in [6.07, 6.45) is 1.53. The topological polar surface area (TPSA) is 80.6 Å². The number of aromatic nitrogens is 1. The Labute approximate surface area is 113 Å². The Hall–Kier alpha value is -1.18. The van der Waals surface area contributed by atoms with E-state index in [1.54, 1.807) is 6.07 Å². The average molecular weight is 319 g/mol. The first-order valence-corrected chi connectivity index (χ1v) is 6.11. The summed E-state index contributed by atoms with van der Waals surface area (Å²) in [6.45, 7) is -0.0962. The molecule has 0 bridgehead atoms. The van der Waals surface area contributed by atoms with Crippen LogP contribution in [0.3, 0.4) is 0 Å². The van der Waals surface area contributed by atoms with Crippen LogP contribution in [0.15, 0.2) is 27.6 Å². The molecule has 1 unspecified atom stereocenters. The molecule has 0 aromatic carbocycles. The van der Waals surface area contributed by atoms with E-state index in [0.29, 0.717) is 4.47 Å². The van der Waals surface area contributed by atoms with Gasteiger partial charge in [0, 0.05) is 23.8 Å². The predicted molar refractivity (Wildman–Crippen MR) is 69.3 cm³/mol. The van der Waals surface area contributed by atoms with Crippen molar-refractivity contribution in [3.8, 4) is 0 Å². The van der Waals surface area contributed by atoms with E-state index in [9.17, 15) is 9.59 Å². The Morgan fingerprint density at radius 2 is 2.33 bits per heavy atom. The number of aliphatic hydroxyl groups excluding tert-OH is 1. The Kier molecular flexibility index (Phi) is 6.03. The molecule has 1 amide bonds. The number of amides is 1. The SMILES string of the molecule is COCC(CO)NC(=O)Cn1cc(Br)ccc1=O. The Morgan fingerprint density at radius 3 is 2.94 bits per heavy atom. The fourth-order valence-corrected chi connectivity index (χ4v) is 1.77. The summed E-state index contributed by atoms with van der Waals surface area (Å²) in [5.74, 6) is -0.355. The molecule has 1 atom stereocenters. The van der Waals surface area contributed by atoms with E-state index in [0.717, 1.165) is 0 Å². The number of carbonyl (C=O) groups excluding carboxylic acids is 1. The van der Waals surface area contributed by atoms with Crippen molar-refractivity contribution < 1.29 is 14.6 Å². The fourth-order valence-electron chi connectivity index (χ4n) is 1.39. The molecule has 0 fully saturated rings. The summed E-state index contributed by atoms with van der Waals surface area (Å²) >= 11 is 3.22. The Balaban J connectivity index is 2.64. The molecule has 7 heteroatoms. The number of hydrogen-bond acceptors (Lipinski definition) is 4. The highest BCUT2D eigenvalue weighted by atomic mass is 79.9. The number of nitrogens with zero attached hydrogens (tertiary/aromatic N) is 1. The highest BCUT2D eigenvalue weighted by molar-refractivity contribution is 9.10. The van der Waals surface area contributed by atoms with Crippen molar-refractivity contribution in [2.75, 3.05) is 20.3 Å². The highest BCUT2D eigenvalue weighted by Crippen LogP contribution is 2.04. The molecular formula is C11H15BrN2O4. The highest BCUT2D eigenvalue weighted by Gasteiger charge is 2.11. The van der Waals surface area contributed by atoms with Gasteiger partial charge >= 0.3 is 0 Å². The zero-order chi connectivity index (χ0) is 13.5. The van der Waals surface area contributed by atoms with Crippen LogP contribution in [0, 0.1) is 0 Å². The van der Waals surface area contributed by atoms with E-state index in [-0.39, 0.29) is 31.2 Å². The van der Waals surface area contributed by atoms with Crippen molar-refractivity contribution in [1.29, 1.82) is 0 Å². The lowest BCUT2D eigenvalue weighted by atomic mass is 10.3. The third-order valence-electron chi connectivity index (χ3n) is 2.21. The predicted octanol–water partition coefficient (Wildman–Crippen LogP) is -0.266. The molecule has 0 saturated carbocycles. The number of pyridine rings is 1. The molecule has 1 aromatic heterocycles. The number of hydrogen-bond donors (Lipinski definition) is 2. The van der Waals surface area contributed by atoms with Crippen LogP contribution in [-0.4, -0.2) is 41.9 Å². The van der Waals surface area contributed by atoms with E-state index in [2.05, 4.69) is 21.2 Å². The molecule has 0 aliphatic carbocycles. The summed E-state index contributed by atoms with van der Waals surface area (Å²) < 4.78 is 6.83. The van der Waals surface area contributed by atoms with Gasteiger partial charge in [0.1, 0.15) is 6.54 Å². The van der Waals surface area contributed by atoms with Gasteiger partial charge in [-0.15, -0.1) is 0 Å². The van der Waals surface area contributed by atoms with E-state index in [1.165, 1.54) is 23.9 Å². The molecule has 1 rings (SSSR count). The molecule has 0 radical (unpaired) electrons. The first-order chi connectivity index (χ1) is 8.56. The van der Waals surface area contributed by atoms with E-state index < -0.39 is 6.04 Å². The van der Waals surface area contributed by atoms with Crippen LogP contribution in [0.2, 0.25) is 0 Å². The van der Waals surface area contributed by atoms with Crippen LogP contribution in [0.25, 0.3) is 0 Å². The first kappa shape index (κ1) is 14.9. The second-order valence-corrected chi connectivity index (χ2v) is 4.63. The average Bonchev–Trinajstić information content (AvgIpc) is 2.33. The fraction of sp³-hybridized carbons (Fsp3) is 0.455. The quantitative estimate of drug-likeness (QED) is 0.757. The number of carbonyl (C=O) groups is 1. The van der Waals surface area contributed by atoms with E-state index >= 15 is 0 Å². The van der Waals surface area contributed by atoms with Crippen LogP contribution in [0.4, 0.5) is 0 Å². The third-order valence-corrected chi connectivity index (χ3v) is 2.68. The second kappa shape index (κ2) is 7.30. The number of methoxy groups -OCH3 is 1. The minimum Gasteiger partial charge on any atom is -0.394 e. The molecule has 0 aliphatic heterocycles. The molecule has 0 aliphatic rings. The standard InChI is InChI=1S/C11H15BrN2O4/c1-18-7-9(6-15)13-10(16)5-14-4-8(12)2-3-11(14)17/h2-4,9,15H,5-7H2,1H3,(H,13,16). The zero-order valence-electron chi connectivity index (χ0n) is 9.93. The third kappa shape index (κ3) is 4.59. The van der Waals surface area contributed by atoms with Crippen LogP contribution >= 0.6 is 15.9 Å². The van der Waals surface area contributed by atoms with E-state index in [4.69, 9.17) is 9.84 Å². The molecule has 6 nitrogen and oxygen atoms in total. The normalized spacial score (nSPS) is 12.2. The van der Waals surface area contributed by atoms with Crippen molar-refractivity contribution in [3.05, 3.63) is 33.2 Å². The van der Waals surface area contributed by atoms with Gasteiger partial charge in [0.2, 0.25) is 5.91 Å². The summed E-state index contributed by atoms with van der Waals surface area (Å²) in [7, 11) is 1.48. The van der Waals surface area contributed by atoms with Gasteiger partial charge < -0.3 is 19.7 Å². The van der Waals surface area contributed by atoms with E-state index in [1.807, 2.05) is 0 Å². The number of rotatable bonds is 6. The van der Waals surface area contributed by atoms with Gasteiger partial charge in [0.05, 0.1) is 19.3 Å². The maximum atomic E-state index is 11.7. The van der Waals surface area contributed by atoms with Gasteiger partial charge in [-0.05, 0) is 22.0 Å². The van der Waals surface area contributed by atoms with Crippen LogP contribution in [-0.2, 0) is 16.1 Å². The van der Waals surface area contributed by atoms with Gasteiger partial charge in [-0.3, -0.25) is 9.59 Å². The molecule has 100 valence electrons. The largest absolute Gasteiger partial charge is 0.394 e. The molecule has 0 saturated heterocycles. The van der Waals surface area contributed by atoms with Gasteiger partial charge in [-0.1, -0.05) is 0 Å². The van der Waals surface area contributed by atoms with Gasteiger partial charge in [-0.25, -0.2) is 0 Å². The number of nitrogens with one attached hydrogen (secondary N) is 1. The summed E-state index contributed by atoms with van der Waals surface area (Å²) in [5, 5.41) is 11.6. The van der Waals surface area contributed by atoms with Crippen LogP contribution in [0.5, 0.6) is 0 Å². The smallest absolute Gasteiger partial charge is 0.251 e. The maximum absolute atomic E-state index is 11.7. The lowest BCUT2D eigenvalue weighted by Crippen LogP contribution is -2.43. The summed E-state index contributed by atoms with van der Waals surface area (Å²) in [6, 6.07) is 2.51. The lowest BCUT2D eigenvalue weighted by molar-refractivity contribution is -0.123. The molecule has 18 heavy (non-hydrogen) atoms. The Bertz CT molecular complexity index is 461. The zero-order valence-corrected chi connectivity index (χ0v) is 11.5. The molecule has 2 N–H and O–H groups in total. The first-order valence-electron chi connectivity index (χ1n) is 5.32. The molecular weight excluding hydrogens is 304 g/mol. The van der Waals surface area contributed by atoms with Crippen molar-refractivity contribution in [3.63, 3.8) is 0 Å². The second-order valence-electron chi connectivity index (χ2n) is 3.72. The van der Waals surface area contributed by atoms with Crippen molar-refractivity contribution in [1.82, 2.24) is 9.88 Å². The van der Waals surface area contributed by atoms with Gasteiger partial charge in [0.15, 0.2) is 0 Å². The van der Waals surface area contributed by atoms with Crippen LogP contribution in [0.1, 0.15) is 0 Å². The lowest BCUT2D eigenvalue weighted by Gasteiger charge is -2.15. The maximum Gasteiger partial charge on any atom is 0.251 e. The Morgan fingerprint density at radius 1 is 1.61 bits per heavy atom. The minimum atomic E-state index is -0.467. The minimum absolute atomic E-state index is 0.0987. The van der Waals surface area contributed by atoms with Gasteiger partial charge in [-0.2, -0.15) is 0 Å². The van der Waals surface area contributed by atoms with Gasteiger partial charge in [0.25, 0.3) is 5.56 Å². The number of ether oxygens (including phenoxy) is 1. The molecule has 0 spiro atoms. The van der Waals surface area contributed by atoms with Crippen LogP contribution < -0.4 is 10.9 Å². The van der Waals surface area contributed by atoms with Crippen molar-refractivity contribution in [2.24, 2.45) is 0 Å². The summed E-state index contributed by atoms with van der Waals surface area (Å²) in [5.41, 5.74) is -0.263. The van der Waals surface area contributed by atoms with Crippen molar-refractivity contribution >= 4 is 21.8 Å².